The van der Waals surface area contributed by atoms with Gasteiger partial charge in [-0.2, -0.15) is 0 Å². The molecular formula is C26H40O6. The van der Waals surface area contributed by atoms with Crippen LogP contribution in [0.5, 0.6) is 0 Å². The predicted molar refractivity (Wildman–Crippen MR) is 121 cm³/mol. The van der Waals surface area contributed by atoms with Crippen LogP contribution in [-0.2, 0) is 19.1 Å². The average molecular weight is 449 g/mol. The largest absolute Gasteiger partial charge is 0.461 e. The van der Waals surface area contributed by atoms with Gasteiger partial charge in [0.2, 0.25) is 0 Å². The minimum absolute atomic E-state index is 0.285. The Morgan fingerprint density at radius 1 is 1.12 bits per heavy atom. The van der Waals surface area contributed by atoms with Crippen LogP contribution in [0.15, 0.2) is 23.3 Å². The Hall–Kier alpha value is -1.66. The van der Waals surface area contributed by atoms with E-state index < -0.39 is 41.2 Å². The molecule has 0 radical (unpaired) electrons. The molecule has 2 fully saturated rings. The molecule has 0 aromatic carbocycles. The summed E-state index contributed by atoms with van der Waals surface area (Å²) in [5.41, 5.74) is 1.61. The minimum Gasteiger partial charge on any atom is -0.461 e. The van der Waals surface area contributed by atoms with E-state index in [-0.39, 0.29) is 23.7 Å². The molecule has 0 aliphatic heterocycles. The molecule has 3 rings (SSSR count). The lowest BCUT2D eigenvalue weighted by molar-refractivity contribution is -0.184. The Balaban J connectivity index is 2.23. The van der Waals surface area contributed by atoms with Crippen LogP contribution in [0.25, 0.3) is 0 Å². The lowest BCUT2D eigenvalue weighted by Crippen LogP contribution is -2.60. The predicted octanol–water partition coefficient (Wildman–Crippen LogP) is 3.95. The molecule has 0 aromatic heterocycles. The first kappa shape index (κ1) is 25.0. The summed E-state index contributed by atoms with van der Waals surface area (Å²) in [6.45, 7) is 17.4. The second kappa shape index (κ2) is 8.60. The second-order valence-electron chi connectivity index (χ2n) is 11.3. The summed E-state index contributed by atoms with van der Waals surface area (Å²) in [7, 11) is 0. The van der Waals surface area contributed by atoms with Crippen molar-refractivity contribution in [1.29, 1.82) is 0 Å². The van der Waals surface area contributed by atoms with E-state index in [9.17, 15) is 19.8 Å². The number of fused-ring (bicyclic) bond motifs is 3. The molecule has 7 unspecified atom stereocenters. The standard InChI is InChI=1S/C26H40O6/c1-13(2)24(30)32-19-11-14(3)20-18(29)12-26(8)10-9-17(28)15(4)21(26)23(31-16(5)27)22(19)25(20,6)7/h13,17-19,21-23,28-29H,4,9-12H2,1-3,5-8H3. The first-order chi connectivity index (χ1) is 14.7. The fourth-order valence-electron chi connectivity index (χ4n) is 6.85. The van der Waals surface area contributed by atoms with Gasteiger partial charge < -0.3 is 19.7 Å². The molecule has 6 nitrogen and oxygen atoms in total. The van der Waals surface area contributed by atoms with Crippen molar-refractivity contribution >= 4 is 11.9 Å². The number of aliphatic hydroxyl groups is 2. The summed E-state index contributed by atoms with van der Waals surface area (Å²) in [5, 5.41) is 22.1. The number of ether oxygens (including phenoxy) is 2. The Morgan fingerprint density at radius 3 is 2.31 bits per heavy atom. The van der Waals surface area contributed by atoms with Crippen LogP contribution < -0.4 is 0 Å². The summed E-state index contributed by atoms with van der Waals surface area (Å²) in [5.74, 6) is -1.73. The number of carbonyl (C=O) groups is 2. The van der Waals surface area contributed by atoms with Crippen molar-refractivity contribution in [2.75, 3.05) is 0 Å². The Labute approximate surface area is 192 Å². The number of hydrogen-bond donors (Lipinski definition) is 2. The van der Waals surface area contributed by atoms with Gasteiger partial charge in [-0.15, -0.1) is 0 Å². The number of esters is 2. The van der Waals surface area contributed by atoms with Gasteiger partial charge in [-0.25, -0.2) is 0 Å². The van der Waals surface area contributed by atoms with Crippen LogP contribution in [0.3, 0.4) is 0 Å². The van der Waals surface area contributed by atoms with Crippen molar-refractivity contribution in [2.45, 2.75) is 98.6 Å². The van der Waals surface area contributed by atoms with E-state index in [1.165, 1.54) is 6.92 Å². The Morgan fingerprint density at radius 2 is 1.75 bits per heavy atom. The summed E-state index contributed by atoms with van der Waals surface area (Å²) in [4.78, 5) is 25.0. The molecule has 6 heteroatoms. The van der Waals surface area contributed by atoms with Gasteiger partial charge in [-0.05, 0) is 48.2 Å². The maximum Gasteiger partial charge on any atom is 0.308 e. The van der Waals surface area contributed by atoms with Crippen molar-refractivity contribution in [3.8, 4) is 0 Å². The topological polar surface area (TPSA) is 93.1 Å². The number of carbonyl (C=O) groups excluding carboxylic acids is 2. The van der Waals surface area contributed by atoms with Crippen molar-refractivity contribution in [2.24, 2.45) is 28.6 Å². The molecule has 180 valence electrons. The van der Waals surface area contributed by atoms with E-state index in [0.29, 0.717) is 31.3 Å². The average Bonchev–Trinajstić information content (AvgIpc) is 2.62. The summed E-state index contributed by atoms with van der Waals surface area (Å²) >= 11 is 0. The zero-order valence-corrected chi connectivity index (χ0v) is 20.6. The van der Waals surface area contributed by atoms with Gasteiger partial charge in [0.25, 0.3) is 0 Å². The first-order valence-electron chi connectivity index (χ1n) is 11.8. The van der Waals surface area contributed by atoms with Crippen LogP contribution in [0.1, 0.15) is 74.1 Å². The molecular weight excluding hydrogens is 408 g/mol. The SMILES string of the molecule is C=C1C(O)CCC2(C)CC(O)C3=C(C)CC(OC(=O)C(C)C)C(C(OC(C)=O)C12)C3(C)C. The van der Waals surface area contributed by atoms with Crippen molar-refractivity contribution < 1.29 is 29.3 Å². The highest BCUT2D eigenvalue weighted by Crippen LogP contribution is 2.59. The van der Waals surface area contributed by atoms with Crippen LogP contribution >= 0.6 is 0 Å². The van der Waals surface area contributed by atoms with E-state index in [2.05, 4.69) is 13.5 Å². The molecule has 3 aliphatic carbocycles. The van der Waals surface area contributed by atoms with Gasteiger partial charge in [-0.3, -0.25) is 9.59 Å². The molecule has 0 saturated heterocycles. The summed E-state index contributed by atoms with van der Waals surface area (Å²) in [6.07, 6.45) is -0.266. The van der Waals surface area contributed by atoms with Crippen LogP contribution in [0.2, 0.25) is 0 Å². The van der Waals surface area contributed by atoms with Gasteiger partial charge >= 0.3 is 11.9 Å². The summed E-state index contributed by atoms with van der Waals surface area (Å²) in [6, 6.07) is 0. The van der Waals surface area contributed by atoms with E-state index >= 15 is 0 Å². The molecule has 0 spiro atoms. The minimum atomic E-state index is -0.692. The highest BCUT2D eigenvalue weighted by molar-refractivity contribution is 5.72. The van der Waals surface area contributed by atoms with Crippen molar-refractivity contribution in [3.63, 3.8) is 0 Å². The van der Waals surface area contributed by atoms with Crippen molar-refractivity contribution in [3.05, 3.63) is 23.3 Å². The van der Waals surface area contributed by atoms with Crippen LogP contribution in [0, 0.1) is 28.6 Å². The molecule has 7 atom stereocenters. The highest BCUT2D eigenvalue weighted by Gasteiger charge is 2.60. The van der Waals surface area contributed by atoms with Crippen LogP contribution in [-0.4, -0.2) is 46.6 Å². The Bertz CT molecular complexity index is 824. The van der Waals surface area contributed by atoms with Gasteiger partial charge in [0.15, 0.2) is 0 Å². The Kier molecular flexibility index (Phi) is 6.71. The van der Waals surface area contributed by atoms with Gasteiger partial charge in [0.1, 0.15) is 12.2 Å². The fraction of sp³-hybridized carbons (Fsp3) is 0.769. The van der Waals surface area contributed by atoms with Gasteiger partial charge in [-0.1, -0.05) is 46.8 Å². The lowest BCUT2D eigenvalue weighted by Gasteiger charge is -2.58. The molecule has 0 amide bonds. The van der Waals surface area contributed by atoms with E-state index in [4.69, 9.17) is 9.47 Å². The quantitative estimate of drug-likeness (QED) is 0.502. The normalized spacial score (nSPS) is 39.1. The molecule has 3 aliphatic rings. The molecule has 2 bridgehead atoms. The molecule has 2 N–H and O–H groups in total. The molecule has 2 saturated carbocycles. The van der Waals surface area contributed by atoms with Crippen LogP contribution in [0.4, 0.5) is 0 Å². The number of aliphatic hydroxyl groups excluding tert-OH is 2. The third-order valence-corrected chi connectivity index (χ3v) is 8.18. The van der Waals surface area contributed by atoms with Gasteiger partial charge in [0.05, 0.1) is 18.1 Å². The first-order valence-corrected chi connectivity index (χ1v) is 11.8. The lowest BCUT2D eigenvalue weighted by atomic mass is 9.50. The van der Waals surface area contributed by atoms with Crippen molar-refractivity contribution in [1.82, 2.24) is 0 Å². The second-order valence-corrected chi connectivity index (χ2v) is 11.3. The molecule has 0 aromatic rings. The third-order valence-electron chi connectivity index (χ3n) is 8.18. The highest BCUT2D eigenvalue weighted by atomic mass is 16.6. The van der Waals surface area contributed by atoms with E-state index in [1.807, 2.05) is 20.8 Å². The zero-order chi connectivity index (χ0) is 24.2. The number of rotatable bonds is 3. The fourth-order valence-corrected chi connectivity index (χ4v) is 6.85. The van der Waals surface area contributed by atoms with E-state index in [1.54, 1.807) is 13.8 Å². The van der Waals surface area contributed by atoms with Gasteiger partial charge in [0, 0.05) is 25.2 Å². The monoisotopic (exact) mass is 448 g/mol. The summed E-state index contributed by atoms with van der Waals surface area (Å²) < 4.78 is 12.1. The zero-order valence-electron chi connectivity index (χ0n) is 20.6. The smallest absolute Gasteiger partial charge is 0.308 e. The van der Waals surface area contributed by atoms with E-state index in [0.717, 1.165) is 11.1 Å². The number of hydrogen-bond acceptors (Lipinski definition) is 6. The maximum absolute atomic E-state index is 12.6. The molecule has 0 heterocycles. The molecule has 32 heavy (non-hydrogen) atoms. The third kappa shape index (κ3) is 4.16. The maximum atomic E-state index is 12.6.